The molecule has 0 aromatic carbocycles. The lowest BCUT2D eigenvalue weighted by Crippen LogP contribution is -2.42. The van der Waals surface area contributed by atoms with Crippen molar-refractivity contribution >= 4 is 0 Å². The summed E-state index contributed by atoms with van der Waals surface area (Å²) < 4.78 is 0. The molecular formula is C16H30N2. The molecule has 0 bridgehead atoms. The molecule has 2 aliphatic heterocycles. The van der Waals surface area contributed by atoms with Crippen molar-refractivity contribution in [3.05, 3.63) is 0 Å². The summed E-state index contributed by atoms with van der Waals surface area (Å²) in [6, 6.07) is 0.931. The van der Waals surface area contributed by atoms with Crippen LogP contribution in [-0.4, -0.2) is 49.1 Å². The average molecular weight is 250 g/mol. The van der Waals surface area contributed by atoms with Gasteiger partial charge in [-0.25, -0.2) is 0 Å². The fraction of sp³-hybridized carbons (Fsp3) is 1.00. The molecule has 1 atom stereocenters. The van der Waals surface area contributed by atoms with Crippen LogP contribution in [0, 0.1) is 11.3 Å². The molecule has 2 heterocycles. The lowest BCUT2D eigenvalue weighted by Gasteiger charge is -2.40. The molecule has 1 aliphatic carbocycles. The summed E-state index contributed by atoms with van der Waals surface area (Å²) in [5.74, 6) is 0.972. The van der Waals surface area contributed by atoms with Gasteiger partial charge in [0.2, 0.25) is 0 Å². The minimum absolute atomic E-state index is 0.736. The number of hydrogen-bond acceptors (Lipinski definition) is 2. The Balaban J connectivity index is 1.55. The molecule has 1 saturated carbocycles. The van der Waals surface area contributed by atoms with Gasteiger partial charge in [0, 0.05) is 6.04 Å². The summed E-state index contributed by atoms with van der Waals surface area (Å²) in [5.41, 5.74) is 0.736. The standard InChI is InChI=1S/C16H30N2/c1-14-4-9-18(10-5-14)15-3-6-16(13-15)7-11-17(2)12-8-16/h14-15H,3-13H2,1-2H3. The minimum Gasteiger partial charge on any atom is -0.306 e. The van der Waals surface area contributed by atoms with Crippen molar-refractivity contribution in [1.82, 2.24) is 9.80 Å². The van der Waals surface area contributed by atoms with Crippen LogP contribution in [0.15, 0.2) is 0 Å². The van der Waals surface area contributed by atoms with Gasteiger partial charge in [-0.3, -0.25) is 0 Å². The third-order valence-corrected chi connectivity index (χ3v) is 6.06. The van der Waals surface area contributed by atoms with Gasteiger partial charge in [0.1, 0.15) is 0 Å². The second-order valence-electron chi connectivity index (χ2n) is 7.42. The summed E-state index contributed by atoms with van der Waals surface area (Å²) in [7, 11) is 2.28. The lowest BCUT2D eigenvalue weighted by molar-refractivity contribution is 0.0975. The van der Waals surface area contributed by atoms with E-state index in [4.69, 9.17) is 0 Å². The molecule has 2 heteroatoms. The van der Waals surface area contributed by atoms with Crippen molar-refractivity contribution in [2.75, 3.05) is 33.2 Å². The number of piperidine rings is 2. The quantitative estimate of drug-likeness (QED) is 0.706. The predicted molar refractivity (Wildman–Crippen MR) is 76.8 cm³/mol. The van der Waals surface area contributed by atoms with Crippen LogP contribution in [0.4, 0.5) is 0 Å². The van der Waals surface area contributed by atoms with E-state index in [1.807, 2.05) is 0 Å². The van der Waals surface area contributed by atoms with Gasteiger partial charge >= 0.3 is 0 Å². The highest BCUT2D eigenvalue weighted by atomic mass is 15.2. The van der Waals surface area contributed by atoms with Crippen molar-refractivity contribution in [2.24, 2.45) is 11.3 Å². The van der Waals surface area contributed by atoms with Gasteiger partial charge in [0.05, 0.1) is 0 Å². The van der Waals surface area contributed by atoms with E-state index in [0.29, 0.717) is 0 Å². The first-order chi connectivity index (χ1) is 8.67. The van der Waals surface area contributed by atoms with Crippen molar-refractivity contribution in [2.45, 2.75) is 57.9 Å². The highest BCUT2D eigenvalue weighted by molar-refractivity contribution is 4.96. The third-order valence-electron chi connectivity index (χ3n) is 6.06. The number of hydrogen-bond donors (Lipinski definition) is 0. The summed E-state index contributed by atoms with van der Waals surface area (Å²) in [6.45, 7) is 7.85. The van der Waals surface area contributed by atoms with E-state index in [2.05, 4.69) is 23.8 Å². The molecule has 3 aliphatic rings. The molecule has 2 saturated heterocycles. The fourth-order valence-electron chi connectivity index (χ4n) is 4.43. The monoisotopic (exact) mass is 250 g/mol. The Morgan fingerprint density at radius 1 is 0.889 bits per heavy atom. The normalized spacial score (nSPS) is 35.3. The van der Waals surface area contributed by atoms with Crippen LogP contribution in [-0.2, 0) is 0 Å². The molecule has 104 valence electrons. The van der Waals surface area contributed by atoms with Crippen LogP contribution in [0.3, 0.4) is 0 Å². The summed E-state index contributed by atoms with van der Waals surface area (Å²) in [4.78, 5) is 5.34. The second-order valence-corrected chi connectivity index (χ2v) is 7.42. The lowest BCUT2D eigenvalue weighted by atomic mass is 9.77. The van der Waals surface area contributed by atoms with Crippen LogP contribution >= 0.6 is 0 Å². The fourth-order valence-corrected chi connectivity index (χ4v) is 4.43. The van der Waals surface area contributed by atoms with Crippen molar-refractivity contribution in [3.8, 4) is 0 Å². The zero-order valence-electron chi connectivity index (χ0n) is 12.3. The van der Waals surface area contributed by atoms with Gasteiger partial charge in [-0.1, -0.05) is 6.92 Å². The Labute approximate surface area is 113 Å². The van der Waals surface area contributed by atoms with E-state index in [1.54, 1.807) is 0 Å². The molecule has 1 unspecified atom stereocenters. The Hall–Kier alpha value is -0.0800. The van der Waals surface area contributed by atoms with Crippen LogP contribution in [0.5, 0.6) is 0 Å². The molecular weight excluding hydrogens is 220 g/mol. The highest BCUT2D eigenvalue weighted by Crippen LogP contribution is 2.47. The zero-order valence-corrected chi connectivity index (χ0v) is 12.3. The van der Waals surface area contributed by atoms with Gasteiger partial charge in [-0.2, -0.15) is 0 Å². The largest absolute Gasteiger partial charge is 0.306 e. The number of likely N-dealkylation sites (tertiary alicyclic amines) is 2. The first kappa shape index (κ1) is 12.9. The topological polar surface area (TPSA) is 6.48 Å². The van der Waals surface area contributed by atoms with E-state index >= 15 is 0 Å². The molecule has 2 nitrogen and oxygen atoms in total. The first-order valence-corrected chi connectivity index (χ1v) is 8.09. The maximum atomic E-state index is 2.83. The average Bonchev–Trinajstić information content (AvgIpc) is 2.79. The molecule has 3 rings (SSSR count). The predicted octanol–water partition coefficient (Wildman–Crippen LogP) is 2.98. The minimum atomic E-state index is 0.736. The van der Waals surface area contributed by atoms with E-state index < -0.39 is 0 Å². The molecule has 0 aromatic rings. The number of nitrogens with zero attached hydrogens (tertiary/aromatic N) is 2. The van der Waals surface area contributed by atoms with Gasteiger partial charge in [-0.05, 0) is 89.5 Å². The summed E-state index contributed by atoms with van der Waals surface area (Å²) >= 11 is 0. The highest BCUT2D eigenvalue weighted by Gasteiger charge is 2.42. The van der Waals surface area contributed by atoms with Crippen molar-refractivity contribution in [3.63, 3.8) is 0 Å². The Morgan fingerprint density at radius 3 is 2.22 bits per heavy atom. The summed E-state index contributed by atoms with van der Waals surface area (Å²) in [5, 5.41) is 0. The van der Waals surface area contributed by atoms with Crippen LogP contribution in [0.25, 0.3) is 0 Å². The molecule has 0 aromatic heterocycles. The van der Waals surface area contributed by atoms with Gasteiger partial charge in [0.15, 0.2) is 0 Å². The molecule has 18 heavy (non-hydrogen) atoms. The Bertz CT molecular complexity index is 273. The zero-order chi connectivity index (χ0) is 12.6. The van der Waals surface area contributed by atoms with E-state index in [0.717, 1.165) is 17.4 Å². The number of rotatable bonds is 1. The van der Waals surface area contributed by atoms with E-state index in [-0.39, 0.29) is 0 Å². The van der Waals surface area contributed by atoms with Gasteiger partial charge in [0.25, 0.3) is 0 Å². The van der Waals surface area contributed by atoms with Crippen LogP contribution in [0.2, 0.25) is 0 Å². The Morgan fingerprint density at radius 2 is 1.56 bits per heavy atom. The maximum Gasteiger partial charge on any atom is 0.0101 e. The molecule has 0 N–H and O–H groups in total. The second kappa shape index (κ2) is 5.13. The van der Waals surface area contributed by atoms with Gasteiger partial charge in [-0.15, -0.1) is 0 Å². The molecule has 0 amide bonds. The van der Waals surface area contributed by atoms with Crippen LogP contribution in [0.1, 0.15) is 51.9 Å². The Kier molecular flexibility index (Phi) is 3.68. The molecule has 3 fully saturated rings. The van der Waals surface area contributed by atoms with E-state index in [1.165, 1.54) is 71.1 Å². The third kappa shape index (κ3) is 2.60. The van der Waals surface area contributed by atoms with Crippen molar-refractivity contribution in [1.29, 1.82) is 0 Å². The van der Waals surface area contributed by atoms with Crippen LogP contribution < -0.4 is 0 Å². The van der Waals surface area contributed by atoms with Crippen molar-refractivity contribution < 1.29 is 0 Å². The first-order valence-electron chi connectivity index (χ1n) is 8.09. The molecule has 1 spiro atoms. The maximum absolute atomic E-state index is 2.83. The molecule has 0 radical (unpaired) electrons. The SMILES string of the molecule is CC1CCN(C2CCC3(CCN(C)CC3)C2)CC1. The van der Waals surface area contributed by atoms with E-state index in [9.17, 15) is 0 Å². The van der Waals surface area contributed by atoms with Gasteiger partial charge < -0.3 is 9.80 Å². The summed E-state index contributed by atoms with van der Waals surface area (Å²) in [6.07, 6.45) is 10.3. The smallest absolute Gasteiger partial charge is 0.0101 e.